The average molecular weight is 677 g/mol. The van der Waals surface area contributed by atoms with Crippen LogP contribution < -0.4 is 20.9 Å². The zero-order chi connectivity index (χ0) is 29.3. The van der Waals surface area contributed by atoms with Crippen LogP contribution in [-0.4, -0.2) is 89.7 Å². The normalized spacial score (nSPS) is 17.7. The quantitative estimate of drug-likeness (QED) is 0.204. The van der Waals surface area contributed by atoms with Gasteiger partial charge in [0, 0.05) is 81.6 Å². The number of alkyl halides is 1. The summed E-state index contributed by atoms with van der Waals surface area (Å²) in [6.07, 6.45) is 4.68. The number of pyridine rings is 1. The van der Waals surface area contributed by atoms with Crippen molar-refractivity contribution < 1.29 is 14.3 Å². The van der Waals surface area contributed by atoms with Crippen molar-refractivity contribution in [3.8, 4) is 11.3 Å². The molecule has 2 saturated heterocycles. The summed E-state index contributed by atoms with van der Waals surface area (Å²) in [5.41, 5.74) is 3.46. The third kappa shape index (κ3) is 11.0. The van der Waals surface area contributed by atoms with Crippen LogP contribution in [0.1, 0.15) is 32.8 Å². The van der Waals surface area contributed by atoms with E-state index in [1.807, 2.05) is 42.5 Å². The molecule has 2 aliphatic heterocycles. The van der Waals surface area contributed by atoms with Gasteiger partial charge in [0.2, 0.25) is 11.9 Å². The molecule has 2 atom stereocenters. The molecule has 0 spiro atoms. The maximum Gasteiger partial charge on any atom is 0.302 e. The fourth-order valence-corrected chi connectivity index (χ4v) is 5.57. The molecule has 2 fully saturated rings. The van der Waals surface area contributed by atoms with Gasteiger partial charge in [-0.2, -0.15) is 27.0 Å². The number of esters is 1. The smallest absolute Gasteiger partial charge is 0.302 e. The van der Waals surface area contributed by atoms with Gasteiger partial charge in [0.15, 0.2) is 0 Å². The molecule has 2 unspecified atom stereocenters. The Labute approximate surface area is 284 Å². The van der Waals surface area contributed by atoms with Gasteiger partial charge in [0.1, 0.15) is 11.9 Å². The van der Waals surface area contributed by atoms with Gasteiger partial charge in [-0.3, -0.25) is 14.5 Å². The minimum atomic E-state index is -0.296. The van der Waals surface area contributed by atoms with Crippen LogP contribution in [0.3, 0.4) is 0 Å². The van der Waals surface area contributed by atoms with E-state index in [1.54, 1.807) is 12.4 Å². The van der Waals surface area contributed by atoms with E-state index in [0.717, 1.165) is 60.9 Å². The molecule has 5 rings (SSSR count). The summed E-state index contributed by atoms with van der Waals surface area (Å²) in [5.74, 6) is 1.43. The number of carbonyl (C=O) groups excluding carboxylic acids is 2. The molecule has 246 valence electrons. The summed E-state index contributed by atoms with van der Waals surface area (Å²) in [7, 11) is 0. The maximum absolute atomic E-state index is 12.5. The monoisotopic (exact) mass is 676 g/mol. The Kier molecular flexibility index (Phi) is 15.9. The third-order valence-corrected chi connectivity index (χ3v) is 7.72. The van der Waals surface area contributed by atoms with Gasteiger partial charge in [-0.15, -0.1) is 11.6 Å². The molecule has 0 aliphatic carbocycles. The van der Waals surface area contributed by atoms with Crippen LogP contribution in [0.25, 0.3) is 11.3 Å². The molecule has 1 aromatic carbocycles. The summed E-state index contributed by atoms with van der Waals surface area (Å²) in [4.78, 5) is 42.2. The lowest BCUT2D eigenvalue weighted by atomic mass is 10.1. The molecule has 0 bridgehead atoms. The zero-order valence-corrected chi connectivity index (χ0v) is 27.5. The lowest BCUT2D eigenvalue weighted by Crippen LogP contribution is -2.47. The predicted octanol–water partition coefficient (Wildman–Crippen LogP) is 3.80. The number of amides is 1. The predicted molar refractivity (Wildman–Crippen MR) is 190 cm³/mol. The topological polar surface area (TPSA) is 125 Å². The van der Waals surface area contributed by atoms with E-state index in [2.05, 4.69) is 35.7 Å². The van der Waals surface area contributed by atoms with Crippen molar-refractivity contribution in [2.45, 2.75) is 45.2 Å². The number of piperazine rings is 1. The average Bonchev–Trinajstić information content (AvgIpc) is 3.39. The number of carbonyl (C=O) groups is 2. The van der Waals surface area contributed by atoms with Crippen molar-refractivity contribution in [2.24, 2.45) is 0 Å². The first-order chi connectivity index (χ1) is 20.5. The van der Waals surface area contributed by atoms with E-state index >= 15 is 0 Å². The zero-order valence-electron chi connectivity index (χ0n) is 24.8. The number of hydrogen-bond donors (Lipinski definition) is 3. The third-order valence-electron chi connectivity index (χ3n) is 7.42. The molecule has 11 nitrogen and oxygen atoms in total. The van der Waals surface area contributed by atoms with E-state index < -0.39 is 0 Å². The Morgan fingerprint density at radius 3 is 2.62 bits per heavy atom. The summed E-state index contributed by atoms with van der Waals surface area (Å²) in [6.45, 7) is 6.51. The standard InChI is InChI=1S/C30H37ClN8O3.CH4.2H2S/c1-21(40)42-26-16-25(7-9-33-29(41)20-38-13-11-32-12-14-38)39(19-26)28-6-5-23(18-35-28)27-8-10-34-30(37-27)36-24-4-2-3-22(15-24)17-31;;;/h2-6,8,10,15,18,25-26,32H,7,9,11-14,16-17,19-20H2,1H3,(H,33,41)(H,34,36,37);1H4;2*1H2. The van der Waals surface area contributed by atoms with Gasteiger partial charge >= 0.3 is 5.97 Å². The number of halogens is 1. The maximum atomic E-state index is 12.5. The van der Waals surface area contributed by atoms with Crippen molar-refractivity contribution in [1.82, 2.24) is 30.5 Å². The fourth-order valence-electron chi connectivity index (χ4n) is 5.40. The van der Waals surface area contributed by atoms with Crippen LogP contribution in [-0.2, 0) is 20.2 Å². The van der Waals surface area contributed by atoms with E-state index in [4.69, 9.17) is 21.3 Å². The van der Waals surface area contributed by atoms with Crippen LogP contribution >= 0.6 is 38.6 Å². The lowest BCUT2D eigenvalue weighted by Gasteiger charge is -2.27. The van der Waals surface area contributed by atoms with E-state index in [-0.39, 0.29) is 58.4 Å². The SMILES string of the molecule is C.CC(=O)OC1CC(CCNC(=O)CN2CCNCC2)N(c2ccc(-c3ccnc(Nc4cccc(CCl)c4)n3)cn2)C1.S.S. The highest BCUT2D eigenvalue weighted by atomic mass is 35.5. The number of ether oxygens (including phenoxy) is 1. The summed E-state index contributed by atoms with van der Waals surface area (Å²) >= 11 is 5.96. The second-order valence-corrected chi connectivity index (χ2v) is 10.8. The van der Waals surface area contributed by atoms with Crippen molar-refractivity contribution in [3.63, 3.8) is 0 Å². The molecule has 1 amide bonds. The first kappa shape index (κ1) is 38.1. The van der Waals surface area contributed by atoms with Crippen LogP contribution in [0.5, 0.6) is 0 Å². The number of anilines is 3. The largest absolute Gasteiger partial charge is 0.461 e. The van der Waals surface area contributed by atoms with Crippen molar-refractivity contribution >= 4 is 67.9 Å². The number of nitrogens with one attached hydrogen (secondary N) is 3. The Morgan fingerprint density at radius 2 is 1.91 bits per heavy atom. The minimum absolute atomic E-state index is 0. The van der Waals surface area contributed by atoms with Gasteiger partial charge in [0.25, 0.3) is 0 Å². The first-order valence-corrected chi connectivity index (χ1v) is 14.9. The van der Waals surface area contributed by atoms with Gasteiger partial charge in [-0.25, -0.2) is 15.0 Å². The van der Waals surface area contributed by atoms with E-state index in [0.29, 0.717) is 37.9 Å². The summed E-state index contributed by atoms with van der Waals surface area (Å²) < 4.78 is 5.55. The molecular weight excluding hydrogens is 632 g/mol. The number of hydrogen-bond acceptors (Lipinski definition) is 10. The second-order valence-electron chi connectivity index (χ2n) is 10.6. The number of aromatic nitrogens is 3. The molecule has 14 heteroatoms. The van der Waals surface area contributed by atoms with E-state index in [1.165, 1.54) is 6.92 Å². The molecule has 0 radical (unpaired) electrons. The molecule has 3 N–H and O–H groups in total. The molecule has 2 aromatic heterocycles. The van der Waals surface area contributed by atoms with Gasteiger partial charge in [-0.1, -0.05) is 19.6 Å². The van der Waals surface area contributed by atoms with Crippen molar-refractivity contribution in [2.75, 3.05) is 56.0 Å². The molecule has 0 saturated carbocycles. The van der Waals surface area contributed by atoms with E-state index in [9.17, 15) is 9.59 Å². The van der Waals surface area contributed by atoms with Crippen LogP contribution in [0.15, 0.2) is 54.9 Å². The van der Waals surface area contributed by atoms with Gasteiger partial charge in [-0.05, 0) is 42.3 Å². The Morgan fingerprint density at radius 1 is 1.11 bits per heavy atom. The van der Waals surface area contributed by atoms with Gasteiger partial charge in [0.05, 0.1) is 18.8 Å². The highest BCUT2D eigenvalue weighted by Crippen LogP contribution is 2.29. The minimum Gasteiger partial charge on any atom is -0.461 e. The first-order valence-electron chi connectivity index (χ1n) is 14.3. The second kappa shape index (κ2) is 18.8. The molecular formula is C31H45ClN8O3S2. The van der Waals surface area contributed by atoms with Crippen LogP contribution in [0.4, 0.5) is 17.5 Å². The summed E-state index contributed by atoms with van der Waals surface area (Å²) in [6, 6.07) is 13.7. The van der Waals surface area contributed by atoms with Crippen LogP contribution in [0, 0.1) is 0 Å². The highest BCUT2D eigenvalue weighted by molar-refractivity contribution is 7.59. The molecule has 4 heterocycles. The fraction of sp³-hybridized carbons (Fsp3) is 0.452. The number of benzene rings is 1. The molecule has 2 aliphatic rings. The molecule has 45 heavy (non-hydrogen) atoms. The molecule has 3 aromatic rings. The summed E-state index contributed by atoms with van der Waals surface area (Å²) in [5, 5.41) is 9.60. The Hall–Kier alpha value is -3.10. The lowest BCUT2D eigenvalue weighted by molar-refractivity contribution is -0.145. The van der Waals surface area contributed by atoms with Crippen molar-refractivity contribution in [3.05, 3.63) is 60.4 Å². The van der Waals surface area contributed by atoms with Crippen molar-refractivity contribution in [1.29, 1.82) is 0 Å². The number of rotatable bonds is 11. The number of nitrogens with zero attached hydrogens (tertiary/aromatic N) is 5. The Balaban J connectivity index is 0.00000235. The van der Waals surface area contributed by atoms with Gasteiger partial charge < -0.3 is 25.6 Å². The Bertz CT molecular complexity index is 1360. The highest BCUT2D eigenvalue weighted by Gasteiger charge is 2.34. The van der Waals surface area contributed by atoms with Crippen LogP contribution in [0.2, 0.25) is 0 Å².